The minimum Gasteiger partial charge on any atom is -0.346 e. The Hall–Kier alpha value is -0.430. The molecule has 0 fully saturated rings. The molecule has 0 unspecified atom stereocenters. The van der Waals surface area contributed by atoms with E-state index < -0.39 is 0 Å². The standard InChI is InChI=1S/C13H18BrN3S2/c1-3-4-15-6-11-9-19-13(16-11)17(2)7-12-5-10(14)8-18-12/h5,8-9,15H,3-4,6-7H2,1-2H3. The summed E-state index contributed by atoms with van der Waals surface area (Å²) in [6, 6.07) is 2.17. The van der Waals surface area contributed by atoms with Crippen LogP contribution in [0.1, 0.15) is 23.9 Å². The number of aromatic nitrogens is 1. The molecule has 3 nitrogen and oxygen atoms in total. The van der Waals surface area contributed by atoms with Crippen LogP contribution in [0.15, 0.2) is 21.3 Å². The Morgan fingerprint density at radius 1 is 1.37 bits per heavy atom. The van der Waals surface area contributed by atoms with Crippen LogP contribution in [0, 0.1) is 0 Å². The molecule has 0 aliphatic rings. The van der Waals surface area contributed by atoms with Crippen molar-refractivity contribution in [1.82, 2.24) is 10.3 Å². The minimum absolute atomic E-state index is 0.864. The van der Waals surface area contributed by atoms with E-state index in [2.05, 4.69) is 61.9 Å². The molecule has 0 saturated heterocycles. The van der Waals surface area contributed by atoms with Crippen molar-refractivity contribution < 1.29 is 0 Å². The average Bonchev–Trinajstić information content (AvgIpc) is 2.99. The van der Waals surface area contributed by atoms with Gasteiger partial charge in [0.1, 0.15) is 0 Å². The Labute approximate surface area is 130 Å². The first-order valence-electron chi connectivity index (χ1n) is 6.28. The number of rotatable bonds is 7. The zero-order chi connectivity index (χ0) is 13.7. The summed E-state index contributed by atoms with van der Waals surface area (Å²) in [5.74, 6) is 0. The fraction of sp³-hybridized carbons (Fsp3) is 0.462. The van der Waals surface area contributed by atoms with E-state index in [4.69, 9.17) is 0 Å². The lowest BCUT2D eigenvalue weighted by Gasteiger charge is -2.14. The quantitative estimate of drug-likeness (QED) is 0.754. The lowest BCUT2D eigenvalue weighted by Crippen LogP contribution is -2.16. The van der Waals surface area contributed by atoms with Gasteiger partial charge in [0.15, 0.2) is 5.13 Å². The van der Waals surface area contributed by atoms with Crippen molar-refractivity contribution in [3.05, 3.63) is 31.9 Å². The van der Waals surface area contributed by atoms with Gasteiger partial charge >= 0.3 is 0 Å². The Morgan fingerprint density at radius 3 is 2.89 bits per heavy atom. The molecule has 104 valence electrons. The number of nitrogens with one attached hydrogen (secondary N) is 1. The second kappa shape index (κ2) is 7.38. The molecule has 0 aliphatic carbocycles. The Morgan fingerprint density at radius 2 is 2.21 bits per heavy atom. The molecule has 1 N–H and O–H groups in total. The number of thiophene rings is 1. The maximum Gasteiger partial charge on any atom is 0.185 e. The maximum atomic E-state index is 4.66. The fourth-order valence-corrected chi connectivity index (χ4v) is 3.98. The summed E-state index contributed by atoms with van der Waals surface area (Å²) in [7, 11) is 2.09. The number of thiazole rings is 1. The molecule has 0 radical (unpaired) electrons. The van der Waals surface area contributed by atoms with Crippen molar-refractivity contribution in [3.8, 4) is 0 Å². The number of hydrogen-bond donors (Lipinski definition) is 1. The molecule has 0 spiro atoms. The Kier molecular flexibility index (Phi) is 5.81. The van der Waals surface area contributed by atoms with Crippen molar-refractivity contribution in [2.24, 2.45) is 0 Å². The predicted molar refractivity (Wildman–Crippen MR) is 88.2 cm³/mol. The molecule has 2 heterocycles. The lowest BCUT2D eigenvalue weighted by atomic mass is 10.4. The smallest absolute Gasteiger partial charge is 0.185 e. The number of halogens is 1. The van der Waals surface area contributed by atoms with Crippen LogP contribution in [0.5, 0.6) is 0 Å². The van der Waals surface area contributed by atoms with E-state index in [1.807, 2.05) is 0 Å². The predicted octanol–water partition coefficient (Wildman–Crippen LogP) is 4.10. The van der Waals surface area contributed by atoms with Gasteiger partial charge in [-0.15, -0.1) is 22.7 Å². The van der Waals surface area contributed by atoms with Crippen LogP contribution in [-0.4, -0.2) is 18.6 Å². The summed E-state index contributed by atoms with van der Waals surface area (Å²) >= 11 is 6.97. The number of hydrogen-bond acceptors (Lipinski definition) is 5. The Balaban J connectivity index is 1.90. The van der Waals surface area contributed by atoms with E-state index in [1.165, 1.54) is 4.88 Å². The van der Waals surface area contributed by atoms with Gasteiger partial charge < -0.3 is 10.2 Å². The second-order valence-electron chi connectivity index (χ2n) is 4.39. The topological polar surface area (TPSA) is 28.2 Å². The van der Waals surface area contributed by atoms with Crippen LogP contribution >= 0.6 is 38.6 Å². The van der Waals surface area contributed by atoms with Gasteiger partial charge in [0.2, 0.25) is 0 Å². The molecular formula is C13H18BrN3S2. The van der Waals surface area contributed by atoms with E-state index in [-0.39, 0.29) is 0 Å². The van der Waals surface area contributed by atoms with Crippen LogP contribution in [0.25, 0.3) is 0 Å². The minimum atomic E-state index is 0.864. The highest BCUT2D eigenvalue weighted by Gasteiger charge is 2.08. The second-order valence-corrected chi connectivity index (χ2v) is 7.13. The summed E-state index contributed by atoms with van der Waals surface area (Å²) in [6.07, 6.45) is 1.16. The molecule has 2 aromatic rings. The van der Waals surface area contributed by atoms with Crippen LogP contribution in [0.2, 0.25) is 0 Å². The van der Waals surface area contributed by atoms with Gasteiger partial charge in [-0.2, -0.15) is 0 Å². The molecule has 0 aromatic carbocycles. The molecule has 0 bridgehead atoms. The molecule has 19 heavy (non-hydrogen) atoms. The molecule has 2 aromatic heterocycles. The van der Waals surface area contributed by atoms with Crippen molar-refractivity contribution in [2.75, 3.05) is 18.5 Å². The SMILES string of the molecule is CCCNCc1csc(N(C)Cc2cc(Br)cs2)n1. The monoisotopic (exact) mass is 359 g/mol. The first-order chi connectivity index (χ1) is 9.19. The van der Waals surface area contributed by atoms with E-state index in [9.17, 15) is 0 Å². The van der Waals surface area contributed by atoms with E-state index >= 15 is 0 Å². The summed E-state index contributed by atoms with van der Waals surface area (Å²) in [4.78, 5) is 8.20. The van der Waals surface area contributed by atoms with Crippen LogP contribution in [0.3, 0.4) is 0 Å². The molecule has 0 atom stereocenters. The first kappa shape index (κ1) is 15.0. The third-order valence-electron chi connectivity index (χ3n) is 2.61. The summed E-state index contributed by atoms with van der Waals surface area (Å²) in [5.41, 5.74) is 1.13. The third-order valence-corrected chi connectivity index (χ3v) is 5.30. The summed E-state index contributed by atoms with van der Waals surface area (Å²) in [5, 5.41) is 8.71. The van der Waals surface area contributed by atoms with Crippen LogP contribution < -0.4 is 10.2 Å². The largest absolute Gasteiger partial charge is 0.346 e. The van der Waals surface area contributed by atoms with Gasteiger partial charge in [-0.1, -0.05) is 6.92 Å². The number of anilines is 1. The van der Waals surface area contributed by atoms with Crippen LogP contribution in [0.4, 0.5) is 5.13 Å². The Bertz CT molecular complexity index is 509. The van der Waals surface area contributed by atoms with E-state index in [1.54, 1.807) is 22.7 Å². The van der Waals surface area contributed by atoms with Crippen molar-refractivity contribution in [3.63, 3.8) is 0 Å². The summed E-state index contributed by atoms with van der Waals surface area (Å²) < 4.78 is 1.16. The van der Waals surface area contributed by atoms with E-state index in [0.717, 1.165) is 41.4 Å². The third kappa shape index (κ3) is 4.56. The molecule has 0 saturated carbocycles. The molecule has 2 rings (SSSR count). The molecular weight excluding hydrogens is 342 g/mol. The number of nitrogens with zero attached hydrogens (tertiary/aromatic N) is 2. The van der Waals surface area contributed by atoms with Gasteiger partial charge in [0, 0.05) is 33.7 Å². The highest BCUT2D eigenvalue weighted by atomic mass is 79.9. The molecule has 0 aliphatic heterocycles. The average molecular weight is 360 g/mol. The van der Waals surface area contributed by atoms with Gasteiger partial charge in [-0.3, -0.25) is 0 Å². The zero-order valence-corrected chi connectivity index (χ0v) is 14.4. The van der Waals surface area contributed by atoms with Crippen LogP contribution in [-0.2, 0) is 13.1 Å². The van der Waals surface area contributed by atoms with Gasteiger partial charge in [-0.25, -0.2) is 4.98 Å². The summed E-state index contributed by atoms with van der Waals surface area (Å²) in [6.45, 7) is 4.99. The molecule has 0 amide bonds. The van der Waals surface area contributed by atoms with Crippen molar-refractivity contribution in [1.29, 1.82) is 0 Å². The molecule has 6 heteroatoms. The van der Waals surface area contributed by atoms with Crippen molar-refractivity contribution >= 4 is 43.7 Å². The van der Waals surface area contributed by atoms with Gasteiger partial charge in [0.25, 0.3) is 0 Å². The first-order valence-corrected chi connectivity index (χ1v) is 8.83. The van der Waals surface area contributed by atoms with Crippen molar-refractivity contribution in [2.45, 2.75) is 26.4 Å². The highest BCUT2D eigenvalue weighted by molar-refractivity contribution is 9.10. The van der Waals surface area contributed by atoms with Gasteiger partial charge in [0.05, 0.1) is 12.2 Å². The normalized spacial score (nSPS) is 10.9. The zero-order valence-electron chi connectivity index (χ0n) is 11.1. The lowest BCUT2D eigenvalue weighted by molar-refractivity contribution is 0.666. The highest BCUT2D eigenvalue weighted by Crippen LogP contribution is 2.25. The fourth-order valence-electron chi connectivity index (χ4n) is 1.68. The maximum absolute atomic E-state index is 4.66. The van der Waals surface area contributed by atoms with E-state index in [0.29, 0.717) is 0 Å². The van der Waals surface area contributed by atoms with Gasteiger partial charge in [-0.05, 0) is 35.0 Å².